The molecule has 1 heterocycles. The van der Waals surface area contributed by atoms with Gasteiger partial charge in [-0.2, -0.15) is 0 Å². The van der Waals surface area contributed by atoms with Gasteiger partial charge in [-0.15, -0.1) is 0 Å². The third-order valence-corrected chi connectivity index (χ3v) is 3.61. The maximum absolute atomic E-state index is 12.5. The fraction of sp³-hybridized carbons (Fsp3) is 0.250. The van der Waals surface area contributed by atoms with Gasteiger partial charge >= 0.3 is 0 Å². The monoisotopic (exact) mass is 303 g/mol. The molecule has 5 heteroatoms. The Balaban J connectivity index is 2.21. The molecule has 0 aliphatic heterocycles. The second-order valence-electron chi connectivity index (χ2n) is 5.11. The summed E-state index contributed by atoms with van der Waals surface area (Å²) in [5, 5.41) is 3.53. The summed E-state index contributed by atoms with van der Waals surface area (Å²) in [7, 11) is 3.72. The van der Waals surface area contributed by atoms with Gasteiger partial charge < -0.3 is 5.32 Å². The summed E-state index contributed by atoms with van der Waals surface area (Å²) in [6.45, 7) is 1.92. The number of anilines is 1. The fourth-order valence-electron chi connectivity index (χ4n) is 2.10. The molecule has 21 heavy (non-hydrogen) atoms. The van der Waals surface area contributed by atoms with Crippen molar-refractivity contribution in [2.45, 2.75) is 13.0 Å². The number of pyridine rings is 1. The van der Waals surface area contributed by atoms with Crippen LogP contribution in [-0.2, 0) is 4.79 Å². The summed E-state index contributed by atoms with van der Waals surface area (Å²) in [4.78, 5) is 18.5. The average molecular weight is 304 g/mol. The molecule has 1 atom stereocenters. The number of benzene rings is 1. The van der Waals surface area contributed by atoms with E-state index in [0.29, 0.717) is 10.7 Å². The molecule has 1 N–H and O–H groups in total. The van der Waals surface area contributed by atoms with Crippen LogP contribution >= 0.6 is 11.6 Å². The lowest BCUT2D eigenvalue weighted by Gasteiger charge is -2.23. The number of aromatic nitrogens is 1. The van der Waals surface area contributed by atoms with E-state index in [1.54, 1.807) is 18.5 Å². The quantitative estimate of drug-likeness (QED) is 0.942. The highest BCUT2D eigenvalue weighted by atomic mass is 35.5. The minimum atomic E-state index is -0.404. The molecule has 1 aromatic carbocycles. The molecular formula is C16H18ClN3O. The molecule has 1 amide bonds. The Kier molecular flexibility index (Phi) is 4.94. The van der Waals surface area contributed by atoms with Gasteiger partial charge in [0.05, 0.1) is 0 Å². The van der Waals surface area contributed by atoms with Crippen molar-refractivity contribution in [2.24, 2.45) is 0 Å². The Morgan fingerprint density at radius 3 is 2.67 bits per heavy atom. The summed E-state index contributed by atoms with van der Waals surface area (Å²) in [6, 6.07) is 8.78. The molecule has 0 fully saturated rings. The van der Waals surface area contributed by atoms with E-state index in [1.165, 1.54) is 0 Å². The van der Waals surface area contributed by atoms with Crippen molar-refractivity contribution in [3.05, 3.63) is 58.9 Å². The molecule has 4 nitrogen and oxygen atoms in total. The number of carbonyl (C=O) groups is 1. The largest absolute Gasteiger partial charge is 0.324 e. The second kappa shape index (κ2) is 6.70. The predicted molar refractivity (Wildman–Crippen MR) is 85.5 cm³/mol. The smallest absolute Gasteiger partial charge is 0.246 e. The lowest BCUT2D eigenvalue weighted by atomic mass is 10.1. The first-order valence-corrected chi connectivity index (χ1v) is 7.00. The van der Waals surface area contributed by atoms with Gasteiger partial charge in [0.1, 0.15) is 6.04 Å². The minimum absolute atomic E-state index is 0.118. The van der Waals surface area contributed by atoms with Gasteiger partial charge in [-0.05, 0) is 50.3 Å². The third-order valence-electron chi connectivity index (χ3n) is 3.20. The van der Waals surface area contributed by atoms with Gasteiger partial charge in [0.25, 0.3) is 0 Å². The highest BCUT2D eigenvalue weighted by Crippen LogP contribution is 2.23. The van der Waals surface area contributed by atoms with Gasteiger partial charge in [0.15, 0.2) is 0 Å². The van der Waals surface area contributed by atoms with E-state index in [1.807, 2.05) is 50.2 Å². The van der Waals surface area contributed by atoms with Crippen LogP contribution in [0.25, 0.3) is 0 Å². The number of carbonyl (C=O) groups excluding carboxylic acids is 1. The van der Waals surface area contributed by atoms with Crippen LogP contribution in [0.15, 0.2) is 42.7 Å². The van der Waals surface area contributed by atoms with Crippen molar-refractivity contribution in [2.75, 3.05) is 19.4 Å². The fourth-order valence-corrected chi connectivity index (χ4v) is 2.28. The van der Waals surface area contributed by atoms with Gasteiger partial charge in [0.2, 0.25) is 5.91 Å². The molecule has 0 aliphatic rings. The average Bonchev–Trinajstić information content (AvgIpc) is 2.44. The normalized spacial score (nSPS) is 12.2. The van der Waals surface area contributed by atoms with Crippen LogP contribution in [0.3, 0.4) is 0 Å². The SMILES string of the molecule is Cc1ccc(NC(=O)C(c2cccnc2)N(C)C)cc1Cl. The second-order valence-corrected chi connectivity index (χ2v) is 5.51. The van der Waals surface area contributed by atoms with Gasteiger partial charge in [-0.25, -0.2) is 0 Å². The van der Waals surface area contributed by atoms with Crippen molar-refractivity contribution in [3.8, 4) is 0 Å². The van der Waals surface area contributed by atoms with E-state index in [4.69, 9.17) is 11.6 Å². The van der Waals surface area contributed by atoms with Crippen LogP contribution in [0, 0.1) is 6.92 Å². The van der Waals surface area contributed by atoms with E-state index in [2.05, 4.69) is 10.3 Å². The number of nitrogens with zero attached hydrogens (tertiary/aromatic N) is 2. The maximum atomic E-state index is 12.5. The molecule has 2 rings (SSSR count). The number of nitrogens with one attached hydrogen (secondary N) is 1. The highest BCUT2D eigenvalue weighted by molar-refractivity contribution is 6.31. The Labute approximate surface area is 129 Å². The highest BCUT2D eigenvalue weighted by Gasteiger charge is 2.23. The molecule has 0 bridgehead atoms. The van der Waals surface area contributed by atoms with Crippen LogP contribution in [0.2, 0.25) is 5.02 Å². The number of rotatable bonds is 4. The van der Waals surface area contributed by atoms with Crippen LogP contribution in [0.1, 0.15) is 17.2 Å². The van der Waals surface area contributed by atoms with Crippen molar-refractivity contribution < 1.29 is 4.79 Å². The van der Waals surface area contributed by atoms with Crippen LogP contribution in [0.4, 0.5) is 5.69 Å². The molecule has 2 aromatic rings. The first-order valence-electron chi connectivity index (χ1n) is 6.62. The topological polar surface area (TPSA) is 45.2 Å². The number of likely N-dealkylation sites (N-methyl/N-ethyl adjacent to an activating group) is 1. The molecule has 1 aromatic heterocycles. The number of aryl methyl sites for hydroxylation is 1. The molecule has 0 radical (unpaired) electrons. The molecule has 1 unspecified atom stereocenters. The molecule has 110 valence electrons. The van der Waals surface area contributed by atoms with Crippen molar-refractivity contribution >= 4 is 23.2 Å². The minimum Gasteiger partial charge on any atom is -0.324 e. The number of hydrogen-bond donors (Lipinski definition) is 1. The maximum Gasteiger partial charge on any atom is 0.246 e. The lowest BCUT2D eigenvalue weighted by Crippen LogP contribution is -2.32. The Hall–Kier alpha value is -1.91. The van der Waals surface area contributed by atoms with Crippen LogP contribution < -0.4 is 5.32 Å². The summed E-state index contributed by atoms with van der Waals surface area (Å²) in [6.07, 6.45) is 3.39. The predicted octanol–water partition coefficient (Wildman–Crippen LogP) is 3.28. The van der Waals surface area contributed by atoms with Crippen molar-refractivity contribution in [1.82, 2.24) is 9.88 Å². The summed E-state index contributed by atoms with van der Waals surface area (Å²) >= 11 is 6.08. The van der Waals surface area contributed by atoms with E-state index in [0.717, 1.165) is 11.1 Å². The van der Waals surface area contributed by atoms with Gasteiger partial charge in [-0.1, -0.05) is 23.7 Å². The first kappa shape index (κ1) is 15.5. The summed E-state index contributed by atoms with van der Waals surface area (Å²) in [5.74, 6) is -0.118. The number of halogens is 1. The standard InChI is InChI=1S/C16H18ClN3O/c1-11-6-7-13(9-14(11)17)19-16(21)15(20(2)3)12-5-4-8-18-10-12/h4-10,15H,1-3H3,(H,19,21). The zero-order valence-corrected chi connectivity index (χ0v) is 13.1. The van der Waals surface area contributed by atoms with Gasteiger partial charge in [0, 0.05) is 23.1 Å². The van der Waals surface area contributed by atoms with Crippen LogP contribution in [0.5, 0.6) is 0 Å². The first-order chi connectivity index (χ1) is 9.99. The van der Waals surface area contributed by atoms with Crippen molar-refractivity contribution in [3.63, 3.8) is 0 Å². The lowest BCUT2D eigenvalue weighted by molar-refractivity contribution is -0.120. The zero-order chi connectivity index (χ0) is 15.4. The molecule has 0 saturated carbocycles. The Morgan fingerprint density at radius 1 is 1.33 bits per heavy atom. The molecule has 0 aliphatic carbocycles. The van der Waals surface area contributed by atoms with E-state index >= 15 is 0 Å². The van der Waals surface area contributed by atoms with Gasteiger partial charge in [-0.3, -0.25) is 14.7 Å². The third kappa shape index (κ3) is 3.80. The molecule has 0 spiro atoms. The number of amides is 1. The molecular weight excluding hydrogens is 286 g/mol. The van der Waals surface area contributed by atoms with Crippen LogP contribution in [-0.4, -0.2) is 29.9 Å². The Morgan fingerprint density at radius 2 is 2.10 bits per heavy atom. The summed E-state index contributed by atoms with van der Waals surface area (Å²) in [5.41, 5.74) is 2.51. The summed E-state index contributed by atoms with van der Waals surface area (Å²) < 4.78 is 0. The van der Waals surface area contributed by atoms with E-state index < -0.39 is 6.04 Å². The molecule has 0 saturated heterocycles. The van der Waals surface area contributed by atoms with Crippen molar-refractivity contribution in [1.29, 1.82) is 0 Å². The number of hydrogen-bond acceptors (Lipinski definition) is 3. The van der Waals surface area contributed by atoms with E-state index in [-0.39, 0.29) is 5.91 Å². The zero-order valence-electron chi connectivity index (χ0n) is 12.3. The Bertz CT molecular complexity index is 629. The van der Waals surface area contributed by atoms with E-state index in [9.17, 15) is 4.79 Å².